The van der Waals surface area contributed by atoms with Crippen molar-refractivity contribution < 1.29 is 0 Å². The molecule has 0 aliphatic carbocycles. The van der Waals surface area contributed by atoms with Crippen LogP contribution in [0, 0.1) is 0 Å². The molecule has 3 N–H and O–H groups in total. The highest BCUT2D eigenvalue weighted by Gasteiger charge is 1.97. The molecule has 16 heavy (non-hydrogen) atoms. The Morgan fingerprint density at radius 1 is 1.19 bits per heavy atom. The fraction of sp³-hybridized carbons (Fsp3) is 0.0833. The molecule has 82 valence electrons. The molecule has 0 amide bonds. The number of hydrogen-bond acceptors (Lipinski definition) is 4. The number of anilines is 1. The average molecular weight is 231 g/mol. The van der Waals surface area contributed by atoms with Crippen LogP contribution in [-0.2, 0) is 5.75 Å². The average Bonchev–Trinajstić information content (AvgIpc) is 2.38. The zero-order chi connectivity index (χ0) is 11.2. The van der Waals surface area contributed by atoms with Crippen molar-refractivity contribution >= 4 is 17.6 Å². The molecule has 1 aromatic heterocycles. The van der Waals surface area contributed by atoms with E-state index < -0.39 is 0 Å². The van der Waals surface area contributed by atoms with Crippen LogP contribution < -0.4 is 11.3 Å². The second-order valence-electron chi connectivity index (χ2n) is 3.30. The lowest BCUT2D eigenvalue weighted by atomic mass is 10.2. The molecule has 0 atom stereocenters. The van der Waals surface area contributed by atoms with Gasteiger partial charge in [-0.05, 0) is 17.7 Å². The zero-order valence-corrected chi connectivity index (χ0v) is 9.58. The predicted octanol–water partition coefficient (Wildman–Crippen LogP) is 2.66. The van der Waals surface area contributed by atoms with Crippen LogP contribution in [0.1, 0.15) is 5.56 Å². The Balaban J connectivity index is 1.99. The number of rotatable bonds is 4. The van der Waals surface area contributed by atoms with Crippen molar-refractivity contribution in [1.82, 2.24) is 4.98 Å². The van der Waals surface area contributed by atoms with Gasteiger partial charge in [-0.1, -0.05) is 30.3 Å². The molecule has 1 heterocycles. The Bertz CT molecular complexity index is 445. The molecule has 0 spiro atoms. The molecule has 0 aliphatic rings. The number of nitrogens with two attached hydrogens (primary N) is 1. The molecule has 0 saturated carbocycles. The Hall–Kier alpha value is -1.52. The van der Waals surface area contributed by atoms with Gasteiger partial charge < -0.3 is 5.43 Å². The van der Waals surface area contributed by atoms with Crippen LogP contribution in [0.4, 0.5) is 5.82 Å². The lowest BCUT2D eigenvalue weighted by molar-refractivity contribution is 1.19. The van der Waals surface area contributed by atoms with E-state index in [0.29, 0.717) is 5.82 Å². The van der Waals surface area contributed by atoms with E-state index in [1.807, 2.05) is 18.2 Å². The molecular weight excluding hydrogens is 218 g/mol. The van der Waals surface area contributed by atoms with Gasteiger partial charge in [0, 0.05) is 16.8 Å². The van der Waals surface area contributed by atoms with Crippen molar-refractivity contribution in [3.63, 3.8) is 0 Å². The van der Waals surface area contributed by atoms with Crippen molar-refractivity contribution in [3.05, 3.63) is 54.2 Å². The van der Waals surface area contributed by atoms with Gasteiger partial charge in [-0.3, -0.25) is 0 Å². The first-order valence-corrected chi connectivity index (χ1v) is 5.96. The van der Waals surface area contributed by atoms with Crippen LogP contribution in [0.3, 0.4) is 0 Å². The maximum atomic E-state index is 5.30. The Kier molecular flexibility index (Phi) is 3.80. The highest BCUT2D eigenvalue weighted by Crippen LogP contribution is 2.23. The quantitative estimate of drug-likeness (QED) is 0.482. The van der Waals surface area contributed by atoms with Gasteiger partial charge in [-0.2, -0.15) is 0 Å². The first kappa shape index (κ1) is 11.0. The van der Waals surface area contributed by atoms with Crippen molar-refractivity contribution in [2.75, 3.05) is 5.43 Å². The summed E-state index contributed by atoms with van der Waals surface area (Å²) in [5.74, 6) is 6.95. The molecule has 0 unspecified atom stereocenters. The Labute approximate surface area is 99.1 Å². The molecule has 2 rings (SSSR count). The first-order chi connectivity index (χ1) is 7.88. The summed E-state index contributed by atoms with van der Waals surface area (Å²) in [6.45, 7) is 0. The summed E-state index contributed by atoms with van der Waals surface area (Å²) in [6.07, 6.45) is 1.75. The Morgan fingerprint density at radius 3 is 2.75 bits per heavy atom. The monoisotopic (exact) mass is 231 g/mol. The third-order valence-electron chi connectivity index (χ3n) is 2.13. The number of pyridine rings is 1. The van der Waals surface area contributed by atoms with Gasteiger partial charge in [-0.25, -0.2) is 10.8 Å². The highest BCUT2D eigenvalue weighted by atomic mass is 32.2. The van der Waals surface area contributed by atoms with Crippen LogP contribution in [0.25, 0.3) is 0 Å². The number of hydrazine groups is 1. The number of aromatic nitrogens is 1. The van der Waals surface area contributed by atoms with Crippen molar-refractivity contribution in [2.24, 2.45) is 5.84 Å². The SMILES string of the molecule is NNc1cc(SCc2ccccc2)ccn1. The third kappa shape index (κ3) is 2.98. The smallest absolute Gasteiger partial charge is 0.140 e. The molecule has 3 nitrogen and oxygen atoms in total. The summed E-state index contributed by atoms with van der Waals surface area (Å²) >= 11 is 1.77. The summed E-state index contributed by atoms with van der Waals surface area (Å²) in [4.78, 5) is 5.22. The number of nitrogens with zero attached hydrogens (tertiary/aromatic N) is 1. The molecule has 0 saturated heterocycles. The van der Waals surface area contributed by atoms with E-state index in [1.54, 1.807) is 18.0 Å². The zero-order valence-electron chi connectivity index (χ0n) is 8.76. The molecule has 0 aliphatic heterocycles. The van der Waals surface area contributed by atoms with E-state index in [1.165, 1.54) is 5.56 Å². The maximum Gasteiger partial charge on any atom is 0.140 e. The van der Waals surface area contributed by atoms with Gasteiger partial charge in [0.05, 0.1) is 0 Å². The molecule has 1 aromatic carbocycles. The van der Waals surface area contributed by atoms with Crippen molar-refractivity contribution in [1.29, 1.82) is 0 Å². The van der Waals surface area contributed by atoms with Crippen LogP contribution in [0.2, 0.25) is 0 Å². The number of nitrogens with one attached hydrogen (secondary N) is 1. The molecular formula is C12H13N3S. The molecule has 0 bridgehead atoms. The predicted molar refractivity (Wildman–Crippen MR) is 68.1 cm³/mol. The van der Waals surface area contributed by atoms with E-state index in [9.17, 15) is 0 Å². The summed E-state index contributed by atoms with van der Waals surface area (Å²) in [5, 5.41) is 0. The minimum absolute atomic E-state index is 0.693. The lowest BCUT2D eigenvalue weighted by Crippen LogP contribution is -2.07. The van der Waals surface area contributed by atoms with E-state index in [0.717, 1.165) is 10.6 Å². The summed E-state index contributed by atoms with van der Waals surface area (Å²) in [5.41, 5.74) is 3.85. The van der Waals surface area contributed by atoms with E-state index >= 15 is 0 Å². The largest absolute Gasteiger partial charge is 0.308 e. The molecule has 0 radical (unpaired) electrons. The van der Waals surface area contributed by atoms with E-state index in [-0.39, 0.29) is 0 Å². The number of hydrogen-bond donors (Lipinski definition) is 2. The highest BCUT2D eigenvalue weighted by molar-refractivity contribution is 7.98. The summed E-state index contributed by atoms with van der Waals surface area (Å²) in [7, 11) is 0. The molecule has 2 aromatic rings. The van der Waals surface area contributed by atoms with Gasteiger partial charge in [0.1, 0.15) is 5.82 Å². The van der Waals surface area contributed by atoms with Gasteiger partial charge in [-0.15, -0.1) is 11.8 Å². The van der Waals surface area contributed by atoms with Gasteiger partial charge >= 0.3 is 0 Å². The van der Waals surface area contributed by atoms with Gasteiger partial charge in [0.2, 0.25) is 0 Å². The van der Waals surface area contributed by atoms with Crippen molar-refractivity contribution in [2.45, 2.75) is 10.6 Å². The van der Waals surface area contributed by atoms with E-state index in [2.05, 4.69) is 34.7 Å². The van der Waals surface area contributed by atoms with Crippen LogP contribution in [-0.4, -0.2) is 4.98 Å². The summed E-state index contributed by atoms with van der Waals surface area (Å²) in [6, 6.07) is 14.3. The topological polar surface area (TPSA) is 50.9 Å². The molecule has 4 heteroatoms. The fourth-order valence-electron chi connectivity index (χ4n) is 1.32. The standard InChI is InChI=1S/C12H13N3S/c13-15-12-8-11(6-7-14-12)16-9-10-4-2-1-3-5-10/h1-8H,9,13H2,(H,14,15). The number of benzene rings is 1. The molecule has 0 fully saturated rings. The third-order valence-corrected chi connectivity index (χ3v) is 3.19. The maximum absolute atomic E-state index is 5.30. The lowest BCUT2D eigenvalue weighted by Gasteiger charge is -2.03. The second kappa shape index (κ2) is 5.53. The van der Waals surface area contributed by atoms with Crippen LogP contribution in [0.5, 0.6) is 0 Å². The first-order valence-electron chi connectivity index (χ1n) is 4.98. The fourth-order valence-corrected chi connectivity index (χ4v) is 2.20. The minimum atomic E-state index is 0.693. The van der Waals surface area contributed by atoms with Crippen LogP contribution in [0.15, 0.2) is 53.6 Å². The van der Waals surface area contributed by atoms with Crippen LogP contribution >= 0.6 is 11.8 Å². The van der Waals surface area contributed by atoms with Crippen molar-refractivity contribution in [3.8, 4) is 0 Å². The number of thioether (sulfide) groups is 1. The second-order valence-corrected chi connectivity index (χ2v) is 4.34. The minimum Gasteiger partial charge on any atom is -0.308 e. The normalized spacial score (nSPS) is 10.1. The number of nitrogen functional groups attached to an aromatic ring is 1. The van der Waals surface area contributed by atoms with Gasteiger partial charge in [0.15, 0.2) is 0 Å². The van der Waals surface area contributed by atoms with Gasteiger partial charge in [0.25, 0.3) is 0 Å². The summed E-state index contributed by atoms with van der Waals surface area (Å²) < 4.78 is 0. The van der Waals surface area contributed by atoms with E-state index in [4.69, 9.17) is 5.84 Å². The Morgan fingerprint density at radius 2 is 2.00 bits per heavy atom.